The summed E-state index contributed by atoms with van der Waals surface area (Å²) >= 11 is 5.40. The number of likely N-dealkylation sites (tertiary alicyclic amines) is 1. The average Bonchev–Trinajstić information content (AvgIpc) is 2.55. The van der Waals surface area contributed by atoms with E-state index in [0.29, 0.717) is 0 Å². The molecule has 1 amide bonds. The van der Waals surface area contributed by atoms with Gasteiger partial charge in [0.15, 0.2) is 0 Å². The monoisotopic (exact) mass is 298 g/mol. The van der Waals surface area contributed by atoms with Crippen molar-refractivity contribution in [1.29, 1.82) is 0 Å². The van der Waals surface area contributed by atoms with Crippen molar-refractivity contribution in [2.24, 2.45) is 0 Å². The first kappa shape index (κ1) is 14.0. The first-order valence-corrected chi connectivity index (χ1v) is 7.72. The molecule has 1 aliphatic rings. The van der Waals surface area contributed by atoms with Crippen LogP contribution in [0.4, 0.5) is 0 Å². The van der Waals surface area contributed by atoms with Crippen LogP contribution in [0.25, 0.3) is 0 Å². The molecule has 0 bridgehead atoms. The van der Waals surface area contributed by atoms with Gasteiger partial charge in [0.2, 0.25) is 0 Å². The van der Waals surface area contributed by atoms with Crippen LogP contribution in [0.3, 0.4) is 0 Å². The first-order chi connectivity index (χ1) is 10.3. The number of amides is 1. The van der Waals surface area contributed by atoms with Crippen LogP contribution < -0.4 is 0 Å². The number of aromatic nitrogens is 1. The van der Waals surface area contributed by atoms with Gasteiger partial charge in [-0.15, -0.1) is 0 Å². The lowest BCUT2D eigenvalue weighted by Gasteiger charge is -2.36. The lowest BCUT2D eigenvalue weighted by atomic mass is 9.95. The van der Waals surface area contributed by atoms with Gasteiger partial charge in [-0.05, 0) is 37.5 Å². The maximum Gasteiger partial charge on any atom is 0.254 e. The number of piperidine rings is 1. The molecule has 1 aromatic carbocycles. The van der Waals surface area contributed by atoms with E-state index in [0.717, 1.165) is 41.6 Å². The molecule has 1 aromatic heterocycles. The lowest BCUT2D eigenvalue weighted by molar-refractivity contribution is 0.0610. The molecule has 1 aliphatic heterocycles. The van der Waals surface area contributed by atoms with Crippen molar-refractivity contribution in [3.63, 3.8) is 0 Å². The summed E-state index contributed by atoms with van der Waals surface area (Å²) in [7, 11) is 0. The maximum atomic E-state index is 12.8. The van der Waals surface area contributed by atoms with Crippen molar-refractivity contribution < 1.29 is 4.79 Å². The van der Waals surface area contributed by atoms with Crippen molar-refractivity contribution in [3.05, 3.63) is 64.4 Å². The van der Waals surface area contributed by atoms with Gasteiger partial charge >= 0.3 is 0 Å². The van der Waals surface area contributed by atoms with E-state index in [1.807, 2.05) is 53.6 Å². The highest BCUT2D eigenvalue weighted by Gasteiger charge is 2.29. The van der Waals surface area contributed by atoms with E-state index in [-0.39, 0.29) is 11.9 Å². The number of benzene rings is 1. The van der Waals surface area contributed by atoms with Crippen LogP contribution in [0, 0.1) is 4.64 Å². The summed E-state index contributed by atoms with van der Waals surface area (Å²) in [6, 6.07) is 13.5. The molecule has 3 rings (SSSR count). The largest absolute Gasteiger partial charge is 0.353 e. The number of carbonyl (C=O) groups is 1. The predicted octanol–water partition coefficient (Wildman–Crippen LogP) is 4.11. The maximum absolute atomic E-state index is 12.8. The zero-order valence-electron chi connectivity index (χ0n) is 11.8. The summed E-state index contributed by atoms with van der Waals surface area (Å²) in [5, 5.41) is 0. The molecule has 4 heteroatoms. The molecule has 1 fully saturated rings. The van der Waals surface area contributed by atoms with E-state index in [4.69, 9.17) is 12.2 Å². The Morgan fingerprint density at radius 1 is 1.14 bits per heavy atom. The topological polar surface area (TPSA) is 36.1 Å². The summed E-state index contributed by atoms with van der Waals surface area (Å²) in [5.41, 5.74) is 1.80. The summed E-state index contributed by atoms with van der Waals surface area (Å²) in [5.74, 6) is 0.0959. The third-order valence-corrected chi connectivity index (χ3v) is 4.35. The van der Waals surface area contributed by atoms with Crippen LogP contribution in [-0.2, 0) is 0 Å². The molecule has 1 N–H and O–H groups in total. The molecule has 0 aliphatic carbocycles. The second-order valence-electron chi connectivity index (χ2n) is 5.33. The van der Waals surface area contributed by atoms with Gasteiger partial charge in [-0.1, -0.05) is 36.5 Å². The molecular weight excluding hydrogens is 280 g/mol. The standard InChI is InChI=1S/C17H18N2OS/c20-17(13-7-2-1-3-8-13)19-12-5-4-10-15(19)14-9-6-11-18-16(14)21/h1-3,6-9,11,15H,4-5,10,12H2,(H,18,21)/t15-/m1/s1. The number of nitrogens with one attached hydrogen (secondary N) is 1. The van der Waals surface area contributed by atoms with E-state index in [9.17, 15) is 4.79 Å². The van der Waals surface area contributed by atoms with E-state index < -0.39 is 0 Å². The minimum absolute atomic E-state index is 0.0800. The highest BCUT2D eigenvalue weighted by molar-refractivity contribution is 7.71. The molecule has 2 aromatic rings. The fourth-order valence-electron chi connectivity index (χ4n) is 2.94. The molecule has 1 saturated heterocycles. The van der Waals surface area contributed by atoms with Gasteiger partial charge in [0.05, 0.1) is 6.04 Å². The normalized spacial score (nSPS) is 18.5. The smallest absolute Gasteiger partial charge is 0.254 e. The number of carbonyl (C=O) groups excluding carboxylic acids is 1. The molecule has 2 heterocycles. The fourth-order valence-corrected chi connectivity index (χ4v) is 3.21. The minimum atomic E-state index is 0.0800. The van der Waals surface area contributed by atoms with Crippen molar-refractivity contribution in [3.8, 4) is 0 Å². The van der Waals surface area contributed by atoms with E-state index in [1.165, 1.54) is 0 Å². The van der Waals surface area contributed by atoms with E-state index in [2.05, 4.69) is 4.98 Å². The van der Waals surface area contributed by atoms with Crippen LogP contribution in [0.5, 0.6) is 0 Å². The molecule has 0 saturated carbocycles. The van der Waals surface area contributed by atoms with Crippen molar-refractivity contribution >= 4 is 18.1 Å². The Kier molecular flexibility index (Phi) is 4.15. The highest BCUT2D eigenvalue weighted by atomic mass is 32.1. The molecule has 21 heavy (non-hydrogen) atoms. The first-order valence-electron chi connectivity index (χ1n) is 7.31. The Labute approximate surface area is 129 Å². The van der Waals surface area contributed by atoms with Crippen molar-refractivity contribution in [2.75, 3.05) is 6.54 Å². The summed E-state index contributed by atoms with van der Waals surface area (Å²) in [6.07, 6.45) is 4.99. The van der Waals surface area contributed by atoms with E-state index in [1.54, 1.807) is 0 Å². The number of aromatic amines is 1. The summed E-state index contributed by atoms with van der Waals surface area (Å²) < 4.78 is 0.732. The average molecular weight is 298 g/mol. The van der Waals surface area contributed by atoms with Crippen molar-refractivity contribution in [1.82, 2.24) is 9.88 Å². The fraction of sp³-hybridized carbons (Fsp3) is 0.294. The molecule has 3 nitrogen and oxygen atoms in total. The van der Waals surface area contributed by atoms with E-state index >= 15 is 0 Å². The van der Waals surface area contributed by atoms with Crippen LogP contribution in [0.1, 0.15) is 41.2 Å². The Bertz CT molecular complexity index is 680. The number of nitrogens with zero attached hydrogens (tertiary/aromatic N) is 1. The molecule has 1 atom stereocenters. The van der Waals surface area contributed by atoms with Gasteiger partial charge in [-0.3, -0.25) is 4.79 Å². The molecule has 0 radical (unpaired) electrons. The van der Waals surface area contributed by atoms with Crippen LogP contribution in [-0.4, -0.2) is 22.3 Å². The number of pyridine rings is 1. The third-order valence-electron chi connectivity index (χ3n) is 3.99. The number of hydrogen-bond donors (Lipinski definition) is 1. The highest BCUT2D eigenvalue weighted by Crippen LogP contribution is 2.32. The van der Waals surface area contributed by atoms with Crippen LogP contribution in [0.2, 0.25) is 0 Å². The number of rotatable bonds is 2. The summed E-state index contributed by atoms with van der Waals surface area (Å²) in [6.45, 7) is 0.794. The quantitative estimate of drug-likeness (QED) is 0.847. The molecule has 108 valence electrons. The van der Waals surface area contributed by atoms with Gasteiger partial charge in [0.1, 0.15) is 4.64 Å². The second kappa shape index (κ2) is 6.22. The predicted molar refractivity (Wildman–Crippen MR) is 85.7 cm³/mol. The van der Waals surface area contributed by atoms with Crippen LogP contribution >= 0.6 is 12.2 Å². The van der Waals surface area contributed by atoms with Gasteiger partial charge in [-0.25, -0.2) is 0 Å². The molecule has 0 unspecified atom stereocenters. The Hall–Kier alpha value is -1.94. The molecule has 0 spiro atoms. The minimum Gasteiger partial charge on any atom is -0.353 e. The Morgan fingerprint density at radius 3 is 2.71 bits per heavy atom. The van der Waals surface area contributed by atoms with Gasteiger partial charge in [0.25, 0.3) is 5.91 Å². The van der Waals surface area contributed by atoms with Gasteiger partial charge in [0, 0.05) is 23.9 Å². The Balaban J connectivity index is 1.94. The number of H-pyrrole nitrogens is 1. The second-order valence-corrected chi connectivity index (χ2v) is 5.74. The summed E-state index contributed by atoms with van der Waals surface area (Å²) in [4.78, 5) is 17.8. The zero-order valence-corrected chi connectivity index (χ0v) is 12.6. The van der Waals surface area contributed by atoms with Gasteiger partial charge in [-0.2, -0.15) is 0 Å². The SMILES string of the molecule is O=C(c1ccccc1)N1CCCC[C@@H]1c1ccc[nH]c1=S. The number of hydrogen-bond acceptors (Lipinski definition) is 2. The van der Waals surface area contributed by atoms with Gasteiger partial charge < -0.3 is 9.88 Å². The van der Waals surface area contributed by atoms with Crippen molar-refractivity contribution in [2.45, 2.75) is 25.3 Å². The Morgan fingerprint density at radius 2 is 1.95 bits per heavy atom. The zero-order chi connectivity index (χ0) is 14.7. The molecular formula is C17H18N2OS. The third kappa shape index (κ3) is 2.90. The lowest BCUT2D eigenvalue weighted by Crippen LogP contribution is -2.38. The van der Waals surface area contributed by atoms with Crippen LogP contribution in [0.15, 0.2) is 48.7 Å².